The summed E-state index contributed by atoms with van der Waals surface area (Å²) in [5, 5.41) is 14.8. The van der Waals surface area contributed by atoms with Crippen molar-refractivity contribution in [3.63, 3.8) is 0 Å². The Balaban J connectivity index is 1.78. The summed E-state index contributed by atoms with van der Waals surface area (Å²) in [7, 11) is 1.34. The minimum Gasteiger partial charge on any atom is -0.465 e. The SMILES string of the molecule is COC(=O)c1cccc(Nc2nncc(Nc3ccc(Cl)cc3C)n2)c1. The number of halogens is 1. The molecule has 0 aliphatic heterocycles. The van der Waals surface area contributed by atoms with Crippen LogP contribution in [0.25, 0.3) is 0 Å². The molecule has 0 fully saturated rings. The fourth-order valence-corrected chi connectivity index (χ4v) is 2.52. The lowest BCUT2D eigenvalue weighted by atomic mass is 10.2. The number of aromatic nitrogens is 3. The first-order chi connectivity index (χ1) is 12.5. The summed E-state index contributed by atoms with van der Waals surface area (Å²) in [6, 6.07) is 12.4. The van der Waals surface area contributed by atoms with Crippen LogP contribution < -0.4 is 10.6 Å². The van der Waals surface area contributed by atoms with Gasteiger partial charge in [-0.15, -0.1) is 5.10 Å². The average Bonchev–Trinajstić information content (AvgIpc) is 2.64. The van der Waals surface area contributed by atoms with E-state index in [2.05, 4.69) is 25.8 Å². The Hall–Kier alpha value is -3.19. The highest BCUT2D eigenvalue weighted by molar-refractivity contribution is 6.30. The number of esters is 1. The molecule has 26 heavy (non-hydrogen) atoms. The van der Waals surface area contributed by atoms with Crippen molar-refractivity contribution < 1.29 is 9.53 Å². The van der Waals surface area contributed by atoms with Crippen LogP contribution in [0.1, 0.15) is 15.9 Å². The van der Waals surface area contributed by atoms with Crippen LogP contribution in [0, 0.1) is 6.92 Å². The number of carbonyl (C=O) groups is 1. The zero-order chi connectivity index (χ0) is 18.5. The van der Waals surface area contributed by atoms with Crippen LogP contribution in [0.2, 0.25) is 5.02 Å². The largest absolute Gasteiger partial charge is 0.465 e. The third kappa shape index (κ3) is 4.25. The highest BCUT2D eigenvalue weighted by Crippen LogP contribution is 2.23. The second-order valence-corrected chi connectivity index (χ2v) is 5.88. The Labute approximate surface area is 155 Å². The molecule has 0 bridgehead atoms. The predicted octanol–water partition coefficient (Wildman–Crippen LogP) is 4.11. The van der Waals surface area contributed by atoms with Gasteiger partial charge >= 0.3 is 5.97 Å². The first-order valence-electron chi connectivity index (χ1n) is 7.73. The molecule has 1 aromatic heterocycles. The van der Waals surface area contributed by atoms with Crippen molar-refractivity contribution in [2.75, 3.05) is 17.7 Å². The lowest BCUT2D eigenvalue weighted by Crippen LogP contribution is -2.05. The lowest BCUT2D eigenvalue weighted by molar-refractivity contribution is 0.0601. The fraction of sp³-hybridized carbons (Fsp3) is 0.111. The standard InChI is InChI=1S/C18H16ClN5O2/c1-11-8-13(19)6-7-15(11)22-16-10-20-24-18(23-16)21-14-5-3-4-12(9-14)17(25)26-2/h3-10H,1-2H3,(H2,21,22,23,24). The molecule has 0 saturated heterocycles. The lowest BCUT2D eigenvalue weighted by Gasteiger charge is -2.10. The number of nitrogens with one attached hydrogen (secondary N) is 2. The van der Waals surface area contributed by atoms with Gasteiger partial charge in [-0.2, -0.15) is 10.1 Å². The molecule has 2 N–H and O–H groups in total. The molecule has 3 aromatic rings. The molecule has 0 aliphatic rings. The number of methoxy groups -OCH3 is 1. The van der Waals surface area contributed by atoms with E-state index in [-0.39, 0.29) is 0 Å². The molecule has 0 spiro atoms. The Morgan fingerprint density at radius 2 is 2.00 bits per heavy atom. The molecular weight excluding hydrogens is 354 g/mol. The molecule has 1 heterocycles. The highest BCUT2D eigenvalue weighted by Gasteiger charge is 2.08. The number of benzene rings is 2. The molecule has 0 saturated carbocycles. The summed E-state index contributed by atoms with van der Waals surface area (Å²) in [6.07, 6.45) is 1.52. The quantitative estimate of drug-likeness (QED) is 0.654. The monoisotopic (exact) mass is 369 g/mol. The maximum Gasteiger partial charge on any atom is 0.337 e. The number of aryl methyl sites for hydroxylation is 1. The van der Waals surface area contributed by atoms with Gasteiger partial charge in [-0.3, -0.25) is 0 Å². The summed E-state index contributed by atoms with van der Waals surface area (Å²) in [6.45, 7) is 1.94. The number of hydrogen-bond donors (Lipinski definition) is 2. The molecule has 2 aromatic carbocycles. The Kier molecular flexibility index (Phi) is 5.28. The van der Waals surface area contributed by atoms with E-state index in [4.69, 9.17) is 16.3 Å². The maximum absolute atomic E-state index is 11.6. The minimum absolute atomic E-state index is 0.295. The topological polar surface area (TPSA) is 89.0 Å². The maximum atomic E-state index is 11.6. The molecule has 0 amide bonds. The Bertz CT molecular complexity index is 948. The van der Waals surface area contributed by atoms with Crippen molar-refractivity contribution >= 4 is 40.7 Å². The van der Waals surface area contributed by atoms with Crippen LogP contribution in [0.15, 0.2) is 48.7 Å². The van der Waals surface area contributed by atoms with Crippen molar-refractivity contribution in [1.82, 2.24) is 15.2 Å². The summed E-state index contributed by atoms with van der Waals surface area (Å²) >= 11 is 5.97. The van der Waals surface area contributed by atoms with Gasteiger partial charge in [-0.25, -0.2) is 4.79 Å². The minimum atomic E-state index is -0.415. The van der Waals surface area contributed by atoms with Gasteiger partial charge in [-0.05, 0) is 48.9 Å². The normalized spacial score (nSPS) is 10.3. The summed E-state index contributed by atoms with van der Waals surface area (Å²) in [4.78, 5) is 16.0. The van der Waals surface area contributed by atoms with Gasteiger partial charge in [-0.1, -0.05) is 17.7 Å². The van der Waals surface area contributed by atoms with Gasteiger partial charge in [0.25, 0.3) is 0 Å². The summed E-state index contributed by atoms with van der Waals surface area (Å²) in [5.74, 6) is 0.405. The van der Waals surface area contributed by atoms with Crippen LogP contribution in [0.4, 0.5) is 23.1 Å². The predicted molar refractivity (Wildman–Crippen MR) is 100 cm³/mol. The van der Waals surface area contributed by atoms with Crippen LogP contribution in [0.3, 0.4) is 0 Å². The molecule has 3 rings (SSSR count). The van der Waals surface area contributed by atoms with E-state index in [9.17, 15) is 4.79 Å². The van der Waals surface area contributed by atoms with E-state index >= 15 is 0 Å². The van der Waals surface area contributed by atoms with Gasteiger partial charge in [0.05, 0.1) is 18.9 Å². The molecule has 8 heteroatoms. The van der Waals surface area contributed by atoms with E-state index in [0.29, 0.717) is 28.0 Å². The second kappa shape index (κ2) is 7.79. The highest BCUT2D eigenvalue weighted by atomic mass is 35.5. The zero-order valence-corrected chi connectivity index (χ0v) is 14.9. The number of ether oxygens (including phenoxy) is 1. The first-order valence-corrected chi connectivity index (χ1v) is 8.11. The van der Waals surface area contributed by atoms with Crippen molar-refractivity contribution in [2.24, 2.45) is 0 Å². The molecule has 0 radical (unpaired) electrons. The van der Waals surface area contributed by atoms with Gasteiger partial charge in [0.15, 0.2) is 5.82 Å². The van der Waals surface area contributed by atoms with E-state index in [1.165, 1.54) is 13.3 Å². The van der Waals surface area contributed by atoms with E-state index in [1.54, 1.807) is 30.3 Å². The van der Waals surface area contributed by atoms with E-state index in [1.807, 2.05) is 19.1 Å². The van der Waals surface area contributed by atoms with Gasteiger partial charge in [0.1, 0.15) is 0 Å². The number of anilines is 4. The third-order valence-corrected chi connectivity index (χ3v) is 3.78. The van der Waals surface area contributed by atoms with Crippen molar-refractivity contribution in [2.45, 2.75) is 6.92 Å². The van der Waals surface area contributed by atoms with Crippen molar-refractivity contribution in [3.05, 3.63) is 64.8 Å². The Morgan fingerprint density at radius 3 is 2.77 bits per heavy atom. The fourth-order valence-electron chi connectivity index (χ4n) is 2.29. The molecular formula is C18H16ClN5O2. The number of carbonyl (C=O) groups excluding carboxylic acids is 1. The van der Waals surface area contributed by atoms with Gasteiger partial charge in [0.2, 0.25) is 5.95 Å². The van der Waals surface area contributed by atoms with E-state index in [0.717, 1.165) is 11.3 Å². The summed E-state index contributed by atoms with van der Waals surface area (Å²) in [5.41, 5.74) is 2.93. The van der Waals surface area contributed by atoms with Gasteiger partial charge in [0, 0.05) is 16.4 Å². The van der Waals surface area contributed by atoms with Crippen molar-refractivity contribution in [1.29, 1.82) is 0 Å². The molecule has 0 unspecified atom stereocenters. The number of nitrogens with zero attached hydrogens (tertiary/aromatic N) is 3. The third-order valence-electron chi connectivity index (χ3n) is 3.55. The number of rotatable bonds is 5. The van der Waals surface area contributed by atoms with E-state index < -0.39 is 5.97 Å². The first kappa shape index (κ1) is 17.6. The van der Waals surface area contributed by atoms with Crippen molar-refractivity contribution in [3.8, 4) is 0 Å². The van der Waals surface area contributed by atoms with Gasteiger partial charge < -0.3 is 15.4 Å². The molecule has 0 atom stereocenters. The molecule has 132 valence electrons. The van der Waals surface area contributed by atoms with Crippen LogP contribution >= 0.6 is 11.6 Å². The van der Waals surface area contributed by atoms with Crippen LogP contribution in [-0.2, 0) is 4.74 Å². The average molecular weight is 370 g/mol. The second-order valence-electron chi connectivity index (χ2n) is 5.45. The molecule has 0 aliphatic carbocycles. The Morgan fingerprint density at radius 1 is 1.15 bits per heavy atom. The summed E-state index contributed by atoms with van der Waals surface area (Å²) < 4.78 is 4.72. The smallest absolute Gasteiger partial charge is 0.337 e. The van der Waals surface area contributed by atoms with Crippen LogP contribution in [-0.4, -0.2) is 28.3 Å². The number of hydrogen-bond acceptors (Lipinski definition) is 7. The van der Waals surface area contributed by atoms with Crippen LogP contribution in [0.5, 0.6) is 0 Å². The molecule has 7 nitrogen and oxygen atoms in total. The zero-order valence-electron chi connectivity index (χ0n) is 14.2.